The minimum Gasteiger partial charge on any atom is -0.481 e. The Bertz CT molecular complexity index is 556. The smallest absolute Gasteiger partial charge is 0.308 e. The second-order valence-electron chi connectivity index (χ2n) is 5.54. The molecular weight excluding hydrogens is 256 g/mol. The molecule has 0 spiro atoms. The molecule has 0 radical (unpaired) electrons. The third-order valence-corrected chi connectivity index (χ3v) is 4.25. The van der Waals surface area contributed by atoms with E-state index in [-0.39, 0.29) is 11.9 Å². The lowest BCUT2D eigenvalue weighted by Gasteiger charge is -2.17. The average Bonchev–Trinajstić information content (AvgIpc) is 3.05. The molecule has 3 rings (SSSR count). The average molecular weight is 274 g/mol. The molecule has 5 nitrogen and oxygen atoms in total. The van der Waals surface area contributed by atoms with Crippen molar-refractivity contribution in [1.82, 2.24) is 10.6 Å². The summed E-state index contributed by atoms with van der Waals surface area (Å²) in [5, 5.41) is 15.3. The van der Waals surface area contributed by atoms with Crippen molar-refractivity contribution in [3.05, 3.63) is 34.9 Å². The summed E-state index contributed by atoms with van der Waals surface area (Å²) < 4.78 is 0. The highest BCUT2D eigenvalue weighted by atomic mass is 16.4. The van der Waals surface area contributed by atoms with Gasteiger partial charge >= 0.3 is 5.97 Å². The molecular formula is C15H18N2O3. The molecule has 3 N–H and O–H groups in total. The van der Waals surface area contributed by atoms with E-state index in [9.17, 15) is 9.59 Å². The number of carbonyl (C=O) groups excluding carboxylic acids is 1. The van der Waals surface area contributed by atoms with Gasteiger partial charge in [-0.25, -0.2) is 0 Å². The molecule has 1 fully saturated rings. The topological polar surface area (TPSA) is 78.4 Å². The van der Waals surface area contributed by atoms with Crippen LogP contribution in [-0.4, -0.2) is 23.0 Å². The molecule has 1 aliphatic carbocycles. The van der Waals surface area contributed by atoms with Crippen molar-refractivity contribution in [3.63, 3.8) is 0 Å². The predicted octanol–water partition coefficient (Wildman–Crippen LogP) is 1.27. The van der Waals surface area contributed by atoms with Crippen molar-refractivity contribution in [3.8, 4) is 0 Å². The first kappa shape index (κ1) is 13.1. The molecule has 0 bridgehead atoms. The van der Waals surface area contributed by atoms with E-state index in [1.807, 2.05) is 18.2 Å². The maximum atomic E-state index is 12.2. The third kappa shape index (κ3) is 2.41. The Balaban J connectivity index is 1.71. The predicted molar refractivity (Wildman–Crippen MR) is 73.2 cm³/mol. The molecule has 1 aliphatic heterocycles. The van der Waals surface area contributed by atoms with Crippen molar-refractivity contribution in [2.75, 3.05) is 0 Å². The Morgan fingerprint density at radius 2 is 2.00 bits per heavy atom. The van der Waals surface area contributed by atoms with Crippen LogP contribution in [0.2, 0.25) is 0 Å². The number of benzene rings is 1. The van der Waals surface area contributed by atoms with E-state index in [4.69, 9.17) is 5.11 Å². The first-order chi connectivity index (χ1) is 9.65. The van der Waals surface area contributed by atoms with Gasteiger partial charge in [0.2, 0.25) is 0 Å². The van der Waals surface area contributed by atoms with Crippen LogP contribution in [0.3, 0.4) is 0 Å². The molecule has 20 heavy (non-hydrogen) atoms. The highest BCUT2D eigenvalue weighted by molar-refractivity contribution is 5.95. The van der Waals surface area contributed by atoms with Gasteiger partial charge in [-0.15, -0.1) is 0 Å². The van der Waals surface area contributed by atoms with E-state index < -0.39 is 11.9 Å². The van der Waals surface area contributed by atoms with Gasteiger partial charge in [-0.1, -0.05) is 12.5 Å². The number of nitrogens with one attached hydrogen (secondary N) is 2. The van der Waals surface area contributed by atoms with Crippen LogP contribution in [0.4, 0.5) is 0 Å². The number of hydrogen-bond donors (Lipinski definition) is 3. The SMILES string of the molecule is O=C(NC1CCCC1C(=O)O)c1ccc2c(c1)CNC2. The van der Waals surface area contributed by atoms with Crippen molar-refractivity contribution < 1.29 is 14.7 Å². The van der Waals surface area contributed by atoms with Crippen LogP contribution in [0.5, 0.6) is 0 Å². The number of amides is 1. The molecule has 1 aromatic carbocycles. The summed E-state index contributed by atoms with van der Waals surface area (Å²) in [4.78, 5) is 23.4. The van der Waals surface area contributed by atoms with Gasteiger partial charge in [-0.2, -0.15) is 0 Å². The van der Waals surface area contributed by atoms with E-state index in [2.05, 4.69) is 10.6 Å². The quantitative estimate of drug-likeness (QED) is 0.775. The van der Waals surface area contributed by atoms with Crippen LogP contribution in [0.25, 0.3) is 0 Å². The number of carbonyl (C=O) groups is 2. The summed E-state index contributed by atoms with van der Waals surface area (Å²) in [6, 6.07) is 5.43. The first-order valence-corrected chi connectivity index (χ1v) is 7.01. The number of carboxylic acids is 1. The summed E-state index contributed by atoms with van der Waals surface area (Å²) in [6.07, 6.45) is 2.25. The number of carboxylic acid groups (broad SMARTS) is 1. The zero-order valence-corrected chi connectivity index (χ0v) is 11.2. The minimum atomic E-state index is -0.814. The Morgan fingerprint density at radius 1 is 1.20 bits per heavy atom. The van der Waals surface area contributed by atoms with E-state index in [1.165, 1.54) is 5.56 Å². The fourth-order valence-corrected chi connectivity index (χ4v) is 3.12. The molecule has 1 saturated carbocycles. The van der Waals surface area contributed by atoms with Gasteiger partial charge < -0.3 is 15.7 Å². The second kappa shape index (κ2) is 5.25. The van der Waals surface area contributed by atoms with Crippen LogP contribution in [-0.2, 0) is 17.9 Å². The van der Waals surface area contributed by atoms with Gasteiger partial charge in [0, 0.05) is 24.7 Å². The summed E-state index contributed by atoms with van der Waals surface area (Å²) in [6.45, 7) is 1.64. The highest BCUT2D eigenvalue weighted by Gasteiger charge is 2.34. The third-order valence-electron chi connectivity index (χ3n) is 4.25. The lowest BCUT2D eigenvalue weighted by Crippen LogP contribution is -2.40. The van der Waals surface area contributed by atoms with E-state index in [0.29, 0.717) is 12.0 Å². The van der Waals surface area contributed by atoms with Gasteiger partial charge in [-0.3, -0.25) is 9.59 Å². The Hall–Kier alpha value is -1.88. The van der Waals surface area contributed by atoms with Crippen LogP contribution < -0.4 is 10.6 Å². The molecule has 5 heteroatoms. The second-order valence-corrected chi connectivity index (χ2v) is 5.54. The fraction of sp³-hybridized carbons (Fsp3) is 0.467. The molecule has 1 amide bonds. The zero-order valence-electron chi connectivity index (χ0n) is 11.2. The molecule has 2 aliphatic rings. The summed E-state index contributed by atoms with van der Waals surface area (Å²) in [5.41, 5.74) is 2.99. The van der Waals surface area contributed by atoms with Crippen molar-refractivity contribution in [2.45, 2.75) is 38.4 Å². The number of hydrogen-bond acceptors (Lipinski definition) is 3. The maximum absolute atomic E-state index is 12.2. The van der Waals surface area contributed by atoms with Gasteiger partial charge in [0.1, 0.15) is 0 Å². The number of fused-ring (bicyclic) bond motifs is 1. The zero-order chi connectivity index (χ0) is 14.1. The Kier molecular flexibility index (Phi) is 3.44. The molecule has 0 saturated heterocycles. The van der Waals surface area contributed by atoms with E-state index in [1.54, 1.807) is 0 Å². The van der Waals surface area contributed by atoms with Gasteiger partial charge in [-0.05, 0) is 36.1 Å². The lowest BCUT2D eigenvalue weighted by molar-refractivity contribution is -0.142. The number of aliphatic carboxylic acids is 1. The van der Waals surface area contributed by atoms with Crippen LogP contribution >= 0.6 is 0 Å². The maximum Gasteiger partial charge on any atom is 0.308 e. The fourth-order valence-electron chi connectivity index (χ4n) is 3.12. The summed E-state index contributed by atoms with van der Waals surface area (Å²) in [7, 11) is 0. The van der Waals surface area contributed by atoms with E-state index >= 15 is 0 Å². The normalized spacial score (nSPS) is 24.4. The molecule has 1 heterocycles. The number of rotatable bonds is 3. The molecule has 1 aromatic rings. The summed E-state index contributed by atoms with van der Waals surface area (Å²) in [5.74, 6) is -1.43. The monoisotopic (exact) mass is 274 g/mol. The van der Waals surface area contributed by atoms with Gasteiger partial charge in [0.05, 0.1) is 5.92 Å². The van der Waals surface area contributed by atoms with Crippen LogP contribution in [0.1, 0.15) is 40.7 Å². The lowest BCUT2D eigenvalue weighted by atomic mass is 10.0. The highest BCUT2D eigenvalue weighted by Crippen LogP contribution is 2.26. The largest absolute Gasteiger partial charge is 0.481 e. The molecule has 2 unspecified atom stereocenters. The van der Waals surface area contributed by atoms with E-state index in [0.717, 1.165) is 31.5 Å². The van der Waals surface area contributed by atoms with Crippen LogP contribution in [0.15, 0.2) is 18.2 Å². The first-order valence-electron chi connectivity index (χ1n) is 7.01. The standard InChI is InChI=1S/C15H18N2O3/c18-14(17-13-3-1-2-12(13)15(19)20)9-4-5-10-7-16-8-11(10)6-9/h4-6,12-13,16H,1-3,7-8H2,(H,17,18)(H,19,20). The summed E-state index contributed by atoms with van der Waals surface area (Å²) >= 11 is 0. The van der Waals surface area contributed by atoms with Gasteiger partial charge in [0.15, 0.2) is 0 Å². The van der Waals surface area contributed by atoms with Crippen molar-refractivity contribution in [1.29, 1.82) is 0 Å². The van der Waals surface area contributed by atoms with Crippen molar-refractivity contribution >= 4 is 11.9 Å². The molecule has 106 valence electrons. The van der Waals surface area contributed by atoms with Crippen molar-refractivity contribution in [2.24, 2.45) is 5.92 Å². The Morgan fingerprint density at radius 3 is 2.80 bits per heavy atom. The minimum absolute atomic E-state index is 0.169. The Labute approximate surface area is 117 Å². The molecule has 2 atom stereocenters. The molecule has 0 aromatic heterocycles. The van der Waals surface area contributed by atoms with Crippen LogP contribution in [0, 0.1) is 5.92 Å². The van der Waals surface area contributed by atoms with Gasteiger partial charge in [0.25, 0.3) is 5.91 Å².